The summed E-state index contributed by atoms with van der Waals surface area (Å²) in [5, 5.41) is 10.1. The minimum absolute atomic E-state index is 0. The van der Waals surface area contributed by atoms with Gasteiger partial charge in [-0.2, -0.15) is 0 Å². The molecule has 8 heteroatoms. The van der Waals surface area contributed by atoms with E-state index in [0.29, 0.717) is 49.1 Å². The molecule has 1 unspecified atom stereocenters. The predicted molar refractivity (Wildman–Crippen MR) is 166 cm³/mol. The average molecular weight is 580 g/mol. The lowest BCUT2D eigenvalue weighted by molar-refractivity contribution is -0.149. The van der Waals surface area contributed by atoms with Crippen LogP contribution in [0.25, 0.3) is 6.08 Å². The summed E-state index contributed by atoms with van der Waals surface area (Å²) in [6, 6.07) is 4.55. The van der Waals surface area contributed by atoms with Crippen LogP contribution in [0.1, 0.15) is 108 Å². The normalized spacial score (nSPS) is 17.1. The molecule has 0 bridgehead atoms. The minimum Gasteiger partial charge on any atom is -0.493 e. The molecule has 3 N–H and O–H groups in total. The fraction of sp³-hybridized carbons (Fsp3) is 0.559. The second-order valence-electron chi connectivity index (χ2n) is 12.8. The summed E-state index contributed by atoms with van der Waals surface area (Å²) < 4.78 is 11.7. The SMILES string of the molecule is CC(C)(C)N.Cc1oc(/C=C/CC(C)C)nc1CCOc1ccc2c(c1)C(C(=O)O)N(C(=O)C=C1CCCCC1)CC2. The molecule has 0 spiro atoms. The third kappa shape index (κ3) is 10.5. The van der Waals surface area contributed by atoms with Gasteiger partial charge in [0.25, 0.3) is 0 Å². The lowest BCUT2D eigenvalue weighted by Crippen LogP contribution is -2.43. The maximum absolute atomic E-state index is 13.1. The minimum atomic E-state index is -1.02. The molecule has 0 radical (unpaired) electrons. The van der Waals surface area contributed by atoms with E-state index in [9.17, 15) is 14.7 Å². The van der Waals surface area contributed by atoms with Crippen LogP contribution in [0.5, 0.6) is 5.75 Å². The molecule has 1 fully saturated rings. The molecule has 1 saturated carbocycles. The number of aliphatic carboxylic acids is 1. The number of carbonyl (C=O) groups is 2. The Morgan fingerprint density at radius 2 is 1.88 bits per heavy atom. The van der Waals surface area contributed by atoms with Crippen LogP contribution in [0.15, 0.2) is 40.3 Å². The second kappa shape index (κ2) is 15.2. The Bertz CT molecular complexity index is 1250. The standard InChI is InChI=1S/C30H38N2O5.C4H11N/c1-20(2)8-7-11-27-31-26(21(3)37-27)15-17-36-24-13-12-23-14-16-32(29(30(34)35)25(23)19-24)28(33)18-22-9-5-4-6-10-22;1-4(2,3)5/h7,11-13,18-20,29H,4-6,8-10,14-17H2,1-3H3,(H,34,35);5H2,1-3H3/b11-7+;. The van der Waals surface area contributed by atoms with Crippen molar-refractivity contribution in [2.45, 2.75) is 104 Å². The molecule has 4 rings (SSSR count). The molecule has 1 aliphatic carbocycles. The number of ether oxygens (including phenoxy) is 1. The lowest BCUT2D eigenvalue weighted by Gasteiger charge is -2.34. The molecule has 1 aliphatic heterocycles. The van der Waals surface area contributed by atoms with Crippen molar-refractivity contribution in [3.63, 3.8) is 0 Å². The first-order valence-corrected chi connectivity index (χ1v) is 15.2. The summed E-state index contributed by atoms with van der Waals surface area (Å²) in [6.07, 6.45) is 13.0. The number of carboxylic acid groups (broad SMARTS) is 1. The van der Waals surface area contributed by atoms with Gasteiger partial charge in [-0.05, 0) is 101 Å². The van der Waals surface area contributed by atoms with E-state index in [1.165, 1.54) is 11.3 Å². The first-order chi connectivity index (χ1) is 19.8. The number of nitrogens with two attached hydrogens (primary N) is 1. The number of carbonyl (C=O) groups excluding carboxylic acids is 1. The van der Waals surface area contributed by atoms with Crippen molar-refractivity contribution in [1.82, 2.24) is 9.88 Å². The average Bonchev–Trinajstić information content (AvgIpc) is 3.26. The van der Waals surface area contributed by atoms with Crippen LogP contribution in [0.4, 0.5) is 0 Å². The fourth-order valence-electron chi connectivity index (χ4n) is 5.05. The molecular weight excluding hydrogens is 530 g/mol. The third-order valence-electron chi connectivity index (χ3n) is 7.07. The number of benzene rings is 1. The van der Waals surface area contributed by atoms with Gasteiger partial charge in [0.05, 0.1) is 12.3 Å². The van der Waals surface area contributed by atoms with Crippen molar-refractivity contribution in [1.29, 1.82) is 0 Å². The van der Waals surface area contributed by atoms with Gasteiger partial charge in [-0.3, -0.25) is 4.79 Å². The molecule has 1 aromatic heterocycles. The van der Waals surface area contributed by atoms with Gasteiger partial charge >= 0.3 is 5.97 Å². The summed E-state index contributed by atoms with van der Waals surface area (Å²) in [4.78, 5) is 31.4. The van der Waals surface area contributed by atoms with Crippen LogP contribution in [0.2, 0.25) is 0 Å². The zero-order chi connectivity index (χ0) is 30.9. The number of rotatable bonds is 9. The Hall–Kier alpha value is -3.39. The monoisotopic (exact) mass is 579 g/mol. The topological polar surface area (TPSA) is 119 Å². The van der Waals surface area contributed by atoms with E-state index in [-0.39, 0.29) is 11.4 Å². The van der Waals surface area contributed by atoms with Crippen molar-refractivity contribution in [3.8, 4) is 5.75 Å². The lowest BCUT2D eigenvalue weighted by atomic mass is 9.91. The number of aryl methyl sites for hydroxylation is 1. The highest BCUT2D eigenvalue weighted by molar-refractivity contribution is 5.92. The molecule has 1 amide bonds. The van der Waals surface area contributed by atoms with Crippen LogP contribution in [0, 0.1) is 12.8 Å². The van der Waals surface area contributed by atoms with Crippen LogP contribution >= 0.6 is 0 Å². The number of allylic oxidation sites excluding steroid dienone is 2. The first-order valence-electron chi connectivity index (χ1n) is 15.2. The van der Waals surface area contributed by atoms with E-state index < -0.39 is 12.0 Å². The smallest absolute Gasteiger partial charge is 0.331 e. The van der Waals surface area contributed by atoms with Crippen LogP contribution in [-0.2, 0) is 22.4 Å². The fourth-order valence-corrected chi connectivity index (χ4v) is 5.05. The first kappa shape index (κ1) is 33.1. The Kier molecular flexibility index (Phi) is 12.0. The highest BCUT2D eigenvalue weighted by Gasteiger charge is 2.35. The number of aromatic nitrogens is 1. The van der Waals surface area contributed by atoms with Gasteiger partial charge in [-0.25, -0.2) is 9.78 Å². The largest absolute Gasteiger partial charge is 0.493 e. The summed E-state index contributed by atoms with van der Waals surface area (Å²) in [7, 11) is 0. The molecule has 8 nitrogen and oxygen atoms in total. The van der Waals surface area contributed by atoms with Gasteiger partial charge in [-0.15, -0.1) is 0 Å². The maximum Gasteiger partial charge on any atom is 0.331 e. The maximum atomic E-state index is 13.1. The summed E-state index contributed by atoms with van der Waals surface area (Å²) in [5.41, 5.74) is 8.90. The quantitative estimate of drug-likeness (QED) is 0.313. The highest BCUT2D eigenvalue weighted by Crippen LogP contribution is 2.34. The second-order valence-corrected chi connectivity index (χ2v) is 12.8. The number of hydrogen-bond donors (Lipinski definition) is 2. The molecule has 1 aromatic carbocycles. The molecule has 2 aromatic rings. The Balaban J connectivity index is 0.000000892. The van der Waals surface area contributed by atoms with E-state index in [4.69, 9.17) is 14.9 Å². The number of oxazole rings is 1. The molecule has 2 heterocycles. The van der Waals surface area contributed by atoms with Crippen molar-refractivity contribution >= 4 is 18.0 Å². The molecule has 42 heavy (non-hydrogen) atoms. The van der Waals surface area contributed by atoms with Gasteiger partial charge in [0.1, 0.15) is 11.5 Å². The van der Waals surface area contributed by atoms with Crippen molar-refractivity contribution in [2.75, 3.05) is 13.2 Å². The van der Waals surface area contributed by atoms with E-state index in [0.717, 1.165) is 54.7 Å². The third-order valence-corrected chi connectivity index (χ3v) is 7.07. The van der Waals surface area contributed by atoms with E-state index >= 15 is 0 Å². The molecule has 230 valence electrons. The van der Waals surface area contributed by atoms with Gasteiger partial charge in [0.15, 0.2) is 6.04 Å². The summed E-state index contributed by atoms with van der Waals surface area (Å²) >= 11 is 0. The van der Waals surface area contributed by atoms with E-state index in [2.05, 4.69) is 24.9 Å². The number of nitrogens with zero attached hydrogens (tertiary/aromatic N) is 2. The van der Waals surface area contributed by atoms with Crippen molar-refractivity contribution in [2.24, 2.45) is 11.7 Å². The van der Waals surface area contributed by atoms with Crippen LogP contribution in [-0.4, -0.2) is 45.6 Å². The summed E-state index contributed by atoms with van der Waals surface area (Å²) in [6.45, 7) is 12.9. The summed E-state index contributed by atoms with van der Waals surface area (Å²) in [5.74, 6) is 1.30. The number of amides is 1. The molecule has 2 aliphatic rings. The number of hydrogen-bond acceptors (Lipinski definition) is 6. The zero-order valence-electron chi connectivity index (χ0n) is 26.2. The van der Waals surface area contributed by atoms with Crippen LogP contribution in [0.3, 0.4) is 0 Å². The van der Waals surface area contributed by atoms with Gasteiger partial charge in [-0.1, -0.05) is 38.0 Å². The van der Waals surface area contributed by atoms with Gasteiger partial charge < -0.3 is 24.9 Å². The van der Waals surface area contributed by atoms with Crippen LogP contribution < -0.4 is 10.5 Å². The Labute approximate surface area is 251 Å². The number of fused-ring (bicyclic) bond motifs is 1. The highest BCUT2D eigenvalue weighted by atomic mass is 16.5. The van der Waals surface area contributed by atoms with Crippen molar-refractivity contribution in [3.05, 3.63) is 64.4 Å². The molecule has 1 atom stereocenters. The molecule has 0 saturated heterocycles. The van der Waals surface area contributed by atoms with E-state index in [1.807, 2.05) is 45.9 Å². The Morgan fingerprint density at radius 3 is 2.52 bits per heavy atom. The Morgan fingerprint density at radius 1 is 1.19 bits per heavy atom. The zero-order valence-corrected chi connectivity index (χ0v) is 26.2. The van der Waals surface area contributed by atoms with Gasteiger partial charge in [0, 0.05) is 24.6 Å². The van der Waals surface area contributed by atoms with Gasteiger partial charge in [0.2, 0.25) is 11.8 Å². The van der Waals surface area contributed by atoms with Crippen molar-refractivity contribution < 1.29 is 23.8 Å². The number of carboxylic acids is 1. The molecular formula is C34H49N3O5. The van der Waals surface area contributed by atoms with E-state index in [1.54, 1.807) is 12.1 Å². The predicted octanol–water partition coefficient (Wildman–Crippen LogP) is 6.81.